The largest absolute Gasteiger partial charge is 0.374 e. The first-order valence-electron chi connectivity index (χ1n) is 10.4. The van der Waals surface area contributed by atoms with E-state index in [0.717, 1.165) is 38.0 Å². The van der Waals surface area contributed by atoms with E-state index in [2.05, 4.69) is 26.9 Å². The first-order chi connectivity index (χ1) is 13.8. The molecule has 1 saturated carbocycles. The normalized spacial score (nSPS) is 20.9. The highest BCUT2D eigenvalue weighted by Crippen LogP contribution is 2.26. The number of aromatic nitrogens is 1. The molecule has 1 aromatic heterocycles. The standard InChI is InChI=1S/C23H29N3O2/c27-23(20-6-2-1-3-7-20)26(21-8-4-5-9-21)18-22-17-25(14-15-28-22)16-19-10-12-24-13-11-19/h1-3,6-7,10-13,21-22H,4-5,8-9,14-18H2. The summed E-state index contributed by atoms with van der Waals surface area (Å²) in [6.45, 7) is 4.07. The Bertz CT molecular complexity index is 747. The van der Waals surface area contributed by atoms with Crippen LogP contribution in [-0.4, -0.2) is 59.1 Å². The van der Waals surface area contributed by atoms with Gasteiger partial charge in [0.1, 0.15) is 0 Å². The van der Waals surface area contributed by atoms with Gasteiger partial charge in [-0.1, -0.05) is 31.0 Å². The van der Waals surface area contributed by atoms with Crippen molar-refractivity contribution in [3.63, 3.8) is 0 Å². The van der Waals surface area contributed by atoms with E-state index >= 15 is 0 Å². The van der Waals surface area contributed by atoms with Crippen LogP contribution >= 0.6 is 0 Å². The molecule has 5 nitrogen and oxygen atoms in total. The number of nitrogens with zero attached hydrogens (tertiary/aromatic N) is 3. The zero-order chi connectivity index (χ0) is 19.2. The number of carbonyl (C=O) groups is 1. The molecule has 0 spiro atoms. The average Bonchev–Trinajstić information content (AvgIpc) is 3.28. The van der Waals surface area contributed by atoms with Crippen LogP contribution in [0.25, 0.3) is 0 Å². The Morgan fingerprint density at radius 2 is 1.86 bits per heavy atom. The lowest BCUT2D eigenvalue weighted by Crippen LogP contribution is -2.50. The fourth-order valence-corrected chi connectivity index (χ4v) is 4.36. The summed E-state index contributed by atoms with van der Waals surface area (Å²) in [7, 11) is 0. The molecule has 1 aliphatic carbocycles. The second-order valence-corrected chi connectivity index (χ2v) is 7.85. The van der Waals surface area contributed by atoms with Crippen LogP contribution in [0, 0.1) is 0 Å². The molecule has 1 aromatic carbocycles. The molecule has 1 amide bonds. The van der Waals surface area contributed by atoms with Crippen LogP contribution < -0.4 is 0 Å². The van der Waals surface area contributed by atoms with Crippen LogP contribution in [-0.2, 0) is 11.3 Å². The Balaban J connectivity index is 1.43. The van der Waals surface area contributed by atoms with Gasteiger partial charge in [-0.2, -0.15) is 0 Å². The second kappa shape index (κ2) is 9.30. The molecular formula is C23H29N3O2. The van der Waals surface area contributed by atoms with E-state index in [1.807, 2.05) is 42.7 Å². The van der Waals surface area contributed by atoms with Gasteiger partial charge >= 0.3 is 0 Å². The van der Waals surface area contributed by atoms with Crippen molar-refractivity contribution in [1.82, 2.24) is 14.8 Å². The summed E-state index contributed by atoms with van der Waals surface area (Å²) in [5.74, 6) is 0.141. The number of amides is 1. The van der Waals surface area contributed by atoms with Gasteiger partial charge < -0.3 is 9.64 Å². The first kappa shape index (κ1) is 19.1. The van der Waals surface area contributed by atoms with Gasteiger partial charge in [-0.3, -0.25) is 14.7 Å². The van der Waals surface area contributed by atoms with Crippen molar-refractivity contribution in [3.8, 4) is 0 Å². The number of morpholine rings is 1. The maximum Gasteiger partial charge on any atom is 0.254 e. The Kier molecular flexibility index (Phi) is 6.34. The number of rotatable bonds is 6. The van der Waals surface area contributed by atoms with E-state index in [-0.39, 0.29) is 12.0 Å². The van der Waals surface area contributed by atoms with Crippen LogP contribution in [0.3, 0.4) is 0 Å². The fraction of sp³-hybridized carbons (Fsp3) is 0.478. The van der Waals surface area contributed by atoms with E-state index in [1.54, 1.807) is 0 Å². The lowest BCUT2D eigenvalue weighted by atomic mass is 10.1. The van der Waals surface area contributed by atoms with Crippen LogP contribution in [0.5, 0.6) is 0 Å². The predicted molar refractivity (Wildman–Crippen MR) is 109 cm³/mol. The molecular weight excluding hydrogens is 350 g/mol. The van der Waals surface area contributed by atoms with Crippen LogP contribution in [0.4, 0.5) is 0 Å². The molecule has 2 fully saturated rings. The van der Waals surface area contributed by atoms with Crippen molar-refractivity contribution < 1.29 is 9.53 Å². The van der Waals surface area contributed by atoms with E-state index in [4.69, 9.17) is 4.74 Å². The molecule has 0 bridgehead atoms. The molecule has 1 saturated heterocycles. The predicted octanol–water partition coefficient (Wildman–Crippen LogP) is 3.37. The van der Waals surface area contributed by atoms with Crippen molar-refractivity contribution in [2.45, 2.75) is 44.4 Å². The van der Waals surface area contributed by atoms with Gasteiger partial charge in [0, 0.05) is 50.2 Å². The average molecular weight is 380 g/mol. The molecule has 1 unspecified atom stereocenters. The maximum atomic E-state index is 13.2. The van der Waals surface area contributed by atoms with Crippen molar-refractivity contribution in [3.05, 3.63) is 66.0 Å². The smallest absolute Gasteiger partial charge is 0.254 e. The molecule has 0 radical (unpaired) electrons. The minimum absolute atomic E-state index is 0.0591. The molecule has 2 aromatic rings. The third kappa shape index (κ3) is 4.78. The van der Waals surface area contributed by atoms with Gasteiger partial charge in [-0.25, -0.2) is 0 Å². The van der Waals surface area contributed by atoms with Gasteiger partial charge in [0.25, 0.3) is 5.91 Å². The number of carbonyl (C=O) groups excluding carboxylic acids is 1. The first-order valence-corrected chi connectivity index (χ1v) is 10.4. The minimum Gasteiger partial charge on any atom is -0.374 e. The molecule has 28 heavy (non-hydrogen) atoms. The number of ether oxygens (including phenoxy) is 1. The number of hydrogen-bond donors (Lipinski definition) is 0. The SMILES string of the molecule is O=C(c1ccccc1)N(CC1CN(Cc2ccncc2)CCO1)C1CCCC1. The van der Waals surface area contributed by atoms with Crippen molar-refractivity contribution in [2.75, 3.05) is 26.2 Å². The molecule has 5 heteroatoms. The van der Waals surface area contributed by atoms with Gasteiger partial charge in [-0.05, 0) is 42.7 Å². The molecule has 1 aliphatic heterocycles. The Hall–Kier alpha value is -2.24. The summed E-state index contributed by atoms with van der Waals surface area (Å²) >= 11 is 0. The molecule has 2 aliphatic rings. The molecule has 148 valence electrons. The molecule has 2 heterocycles. The van der Waals surface area contributed by atoms with Crippen LogP contribution in [0.15, 0.2) is 54.9 Å². The van der Waals surface area contributed by atoms with Gasteiger partial charge in [-0.15, -0.1) is 0 Å². The Labute approximate surface area is 167 Å². The van der Waals surface area contributed by atoms with E-state index in [9.17, 15) is 4.79 Å². The summed E-state index contributed by atoms with van der Waals surface area (Å²) in [5.41, 5.74) is 2.04. The van der Waals surface area contributed by atoms with Crippen LogP contribution in [0.2, 0.25) is 0 Å². The number of pyridine rings is 1. The topological polar surface area (TPSA) is 45.7 Å². The highest BCUT2D eigenvalue weighted by molar-refractivity contribution is 5.94. The maximum absolute atomic E-state index is 13.2. The van der Waals surface area contributed by atoms with Gasteiger partial charge in [0.05, 0.1) is 12.7 Å². The summed E-state index contributed by atoms with van der Waals surface area (Å²) in [6, 6.07) is 14.1. The van der Waals surface area contributed by atoms with Gasteiger partial charge in [0.2, 0.25) is 0 Å². The number of hydrogen-bond acceptors (Lipinski definition) is 4. The Morgan fingerprint density at radius 3 is 2.61 bits per heavy atom. The summed E-state index contributed by atoms with van der Waals surface area (Å²) in [4.78, 5) is 21.8. The Morgan fingerprint density at radius 1 is 1.11 bits per heavy atom. The van der Waals surface area contributed by atoms with Gasteiger partial charge in [0.15, 0.2) is 0 Å². The molecule has 4 rings (SSSR count). The summed E-state index contributed by atoms with van der Waals surface area (Å²) < 4.78 is 6.07. The lowest BCUT2D eigenvalue weighted by Gasteiger charge is -2.38. The summed E-state index contributed by atoms with van der Waals surface area (Å²) in [6.07, 6.45) is 8.37. The zero-order valence-electron chi connectivity index (χ0n) is 16.4. The monoisotopic (exact) mass is 379 g/mol. The van der Waals surface area contributed by atoms with Crippen molar-refractivity contribution in [1.29, 1.82) is 0 Å². The van der Waals surface area contributed by atoms with Crippen molar-refractivity contribution in [2.24, 2.45) is 0 Å². The van der Waals surface area contributed by atoms with E-state index < -0.39 is 0 Å². The highest BCUT2D eigenvalue weighted by Gasteiger charge is 2.31. The van der Waals surface area contributed by atoms with Crippen LogP contribution in [0.1, 0.15) is 41.6 Å². The minimum atomic E-state index is 0.0591. The van der Waals surface area contributed by atoms with E-state index in [0.29, 0.717) is 19.2 Å². The lowest BCUT2D eigenvalue weighted by molar-refractivity contribution is -0.0468. The van der Waals surface area contributed by atoms with Crippen molar-refractivity contribution >= 4 is 5.91 Å². The summed E-state index contributed by atoms with van der Waals surface area (Å²) in [5, 5.41) is 0. The highest BCUT2D eigenvalue weighted by atomic mass is 16.5. The molecule has 0 N–H and O–H groups in total. The third-order valence-electron chi connectivity index (χ3n) is 5.83. The quantitative estimate of drug-likeness (QED) is 0.772. The number of benzene rings is 1. The second-order valence-electron chi connectivity index (χ2n) is 7.85. The third-order valence-corrected chi connectivity index (χ3v) is 5.83. The zero-order valence-corrected chi connectivity index (χ0v) is 16.4. The fourth-order valence-electron chi connectivity index (χ4n) is 4.36. The molecule has 1 atom stereocenters. The van der Waals surface area contributed by atoms with E-state index in [1.165, 1.54) is 18.4 Å².